The maximum Gasteiger partial charge on any atom is 0.136 e. The highest BCUT2D eigenvalue weighted by atomic mass is 16.5. The summed E-state index contributed by atoms with van der Waals surface area (Å²) < 4.78 is 5.75. The molecule has 10 rings (SSSR count). The van der Waals surface area contributed by atoms with Crippen molar-refractivity contribution in [2.45, 2.75) is 300 Å². The second kappa shape index (κ2) is 24.1. The molecule has 2 aliphatic heterocycles. The van der Waals surface area contributed by atoms with Crippen molar-refractivity contribution in [3.63, 3.8) is 0 Å². The number of ketones is 1. The van der Waals surface area contributed by atoms with Gasteiger partial charge >= 0.3 is 0 Å². The molecule has 2 heteroatoms. The van der Waals surface area contributed by atoms with Gasteiger partial charge in [0.2, 0.25) is 0 Å². The number of Topliss-reactive ketones (excluding diaryl/α,β-unsaturated/α-hetero) is 1. The standard InChI is InChI=1S/C12H24.C10H20.C9H16O.C9H16.C9H18.C8H14O.C8H16/c1-10(2)12(5)8-6-11(3,4)7-9-12;1-8(2)10(5)6-9(3,4)7-10;1-6(2)8-5-7-3-4-9(8)10-7;1-7(2)9-4-8(3,5-9)6-9;1-7(2)8-5-9(3,4)6-8;1-6(2)7-4-3-5-8(7)9;1-6(2)8-4-7(3)5-8/h10H,6-9H2,1-5H3;8H,6-7H2,1-5H3;6-9H,3-5H2,1-2H3;7H,4-6H2,1-3H3;7-8H,5-6H2,1-4H3;6-7H,3-5H2,1-2H3;6-8H,4-5H2,1-3H3. The lowest BCUT2D eigenvalue weighted by Crippen LogP contribution is -2.62. The van der Waals surface area contributed by atoms with Crippen molar-refractivity contribution in [1.29, 1.82) is 0 Å². The maximum atomic E-state index is 11.0. The third-order valence-corrected chi connectivity index (χ3v) is 21.0. The smallest absolute Gasteiger partial charge is 0.136 e. The molecule has 10 fully saturated rings. The summed E-state index contributed by atoms with van der Waals surface area (Å²) in [5, 5.41) is 0. The fourth-order valence-electron chi connectivity index (χ4n) is 14.9. The third kappa shape index (κ3) is 17.7. The molecule has 8 saturated carbocycles. The van der Waals surface area contributed by atoms with Gasteiger partial charge in [-0.25, -0.2) is 0 Å². The molecule has 8 aliphatic carbocycles. The molecule has 4 bridgehead atoms. The van der Waals surface area contributed by atoms with Crippen LogP contribution in [0.2, 0.25) is 0 Å². The predicted molar refractivity (Wildman–Crippen MR) is 296 cm³/mol. The zero-order valence-electron chi connectivity index (χ0n) is 50.3. The monoisotopic (exact) mass is 937 g/mol. The second-order valence-corrected chi connectivity index (χ2v) is 31.5. The summed E-state index contributed by atoms with van der Waals surface area (Å²) in [7, 11) is 0. The fraction of sp³-hybridized carbons (Fsp3) is 0.985. The van der Waals surface area contributed by atoms with Crippen molar-refractivity contribution >= 4 is 5.78 Å². The molecule has 0 aromatic carbocycles. The summed E-state index contributed by atoms with van der Waals surface area (Å²) in [5.41, 5.74) is 4.86. The molecule has 4 atom stereocenters. The van der Waals surface area contributed by atoms with Crippen LogP contribution in [0.4, 0.5) is 0 Å². The van der Waals surface area contributed by atoms with E-state index >= 15 is 0 Å². The number of carbonyl (C=O) groups is 1. The van der Waals surface area contributed by atoms with Crippen molar-refractivity contribution in [3.05, 3.63) is 0 Å². The molecule has 0 aromatic rings. The Kier molecular flexibility index (Phi) is 21.9. The molecule has 2 nitrogen and oxygen atoms in total. The first-order valence-electron chi connectivity index (χ1n) is 29.7. The molecule has 0 spiro atoms. The van der Waals surface area contributed by atoms with Crippen LogP contribution in [0.5, 0.6) is 0 Å². The summed E-state index contributed by atoms with van der Waals surface area (Å²) in [5.74, 6) is 10.8. The van der Waals surface area contributed by atoms with E-state index in [0.29, 0.717) is 56.9 Å². The van der Waals surface area contributed by atoms with Crippen LogP contribution in [-0.2, 0) is 9.53 Å². The first-order chi connectivity index (χ1) is 30.5. The van der Waals surface area contributed by atoms with E-state index in [2.05, 4.69) is 166 Å². The first kappa shape index (κ1) is 60.9. The zero-order valence-corrected chi connectivity index (χ0v) is 50.3. The average Bonchev–Trinajstić information content (AvgIpc) is 3.91. The topological polar surface area (TPSA) is 26.3 Å². The summed E-state index contributed by atoms with van der Waals surface area (Å²) in [6.07, 6.45) is 27.3. The van der Waals surface area contributed by atoms with E-state index in [1.807, 2.05) is 0 Å². The van der Waals surface area contributed by atoms with Crippen LogP contribution in [0.15, 0.2) is 0 Å². The van der Waals surface area contributed by atoms with Crippen LogP contribution in [0.1, 0.15) is 288 Å². The number of carbonyl (C=O) groups excluding carboxylic acids is 1. The Morgan fingerprint density at radius 1 is 0.493 bits per heavy atom. The minimum atomic E-state index is 0.394. The highest BCUT2D eigenvalue weighted by molar-refractivity contribution is 5.83. The quantitative estimate of drug-likeness (QED) is 0.254. The molecule has 4 unspecified atom stereocenters. The van der Waals surface area contributed by atoms with Gasteiger partial charge in [0.1, 0.15) is 5.78 Å². The molecule has 67 heavy (non-hydrogen) atoms. The van der Waals surface area contributed by atoms with Crippen LogP contribution in [-0.4, -0.2) is 18.0 Å². The molecule has 10 aliphatic rings. The molecule has 0 radical (unpaired) electrons. The minimum absolute atomic E-state index is 0.394. The first-order valence-corrected chi connectivity index (χ1v) is 29.7. The number of hydrogen-bond donors (Lipinski definition) is 0. The number of hydrogen-bond acceptors (Lipinski definition) is 2. The molecule has 0 amide bonds. The lowest BCUT2D eigenvalue weighted by Gasteiger charge is -2.72. The molecular formula is C65H124O2. The largest absolute Gasteiger partial charge is 0.375 e. The van der Waals surface area contributed by atoms with E-state index in [1.165, 1.54) is 103 Å². The Balaban J connectivity index is 0.000000208. The maximum absolute atomic E-state index is 11.0. The van der Waals surface area contributed by atoms with Crippen LogP contribution in [0, 0.1) is 109 Å². The Hall–Kier alpha value is -0.370. The number of fused-ring (bicyclic) bond motifs is 2. The summed E-state index contributed by atoms with van der Waals surface area (Å²) in [4.78, 5) is 11.0. The normalized spacial score (nSPS) is 35.0. The second-order valence-electron chi connectivity index (χ2n) is 31.5. The van der Waals surface area contributed by atoms with Crippen LogP contribution in [0.3, 0.4) is 0 Å². The highest BCUT2D eigenvalue weighted by Gasteiger charge is 2.65. The molecule has 2 saturated heterocycles. The Labute approximate surface area is 422 Å². The van der Waals surface area contributed by atoms with Crippen molar-refractivity contribution < 1.29 is 9.53 Å². The zero-order chi connectivity index (χ0) is 51.3. The lowest BCUT2D eigenvalue weighted by atomic mass is 9.33. The summed E-state index contributed by atoms with van der Waals surface area (Å²) in [6, 6.07) is 0. The van der Waals surface area contributed by atoms with Crippen molar-refractivity contribution in [3.8, 4) is 0 Å². The van der Waals surface area contributed by atoms with E-state index in [1.54, 1.807) is 0 Å². The van der Waals surface area contributed by atoms with Gasteiger partial charge in [0.15, 0.2) is 0 Å². The van der Waals surface area contributed by atoms with Gasteiger partial charge in [-0.05, 0) is 219 Å². The third-order valence-electron chi connectivity index (χ3n) is 21.0. The van der Waals surface area contributed by atoms with E-state index in [9.17, 15) is 4.79 Å². The summed E-state index contributed by atoms with van der Waals surface area (Å²) in [6.45, 7) is 56.4. The predicted octanol–water partition coefficient (Wildman–Crippen LogP) is 20.5. The van der Waals surface area contributed by atoms with Gasteiger partial charge < -0.3 is 4.74 Å². The Bertz CT molecular complexity index is 1400. The van der Waals surface area contributed by atoms with Crippen molar-refractivity contribution in [2.75, 3.05) is 0 Å². The van der Waals surface area contributed by atoms with Crippen LogP contribution >= 0.6 is 0 Å². The van der Waals surface area contributed by atoms with Gasteiger partial charge in [0.05, 0.1) is 12.2 Å². The summed E-state index contributed by atoms with van der Waals surface area (Å²) >= 11 is 0. The Morgan fingerprint density at radius 3 is 1.18 bits per heavy atom. The molecule has 396 valence electrons. The average molecular weight is 938 g/mol. The SMILES string of the molecule is CC(C)C1(C)CC(C)(C)C1.CC(C)C1(C)CCC(C)(C)CC1.CC(C)C12CC(C)(C1)C2.CC(C)C1CC(C)(C)C1.CC(C)C1CC2CCC1O2.CC(C)C1CCCC1=O.CC1CC(C(C)C)C1. The highest BCUT2D eigenvalue weighted by Crippen LogP contribution is 2.75. The number of ether oxygens (including phenoxy) is 1. The Morgan fingerprint density at radius 2 is 0.985 bits per heavy atom. The molecular weight excluding hydrogens is 813 g/mol. The fourth-order valence-corrected chi connectivity index (χ4v) is 14.9. The van der Waals surface area contributed by atoms with Gasteiger partial charge in [0.25, 0.3) is 0 Å². The molecule has 0 aromatic heterocycles. The van der Waals surface area contributed by atoms with Crippen molar-refractivity contribution in [1.82, 2.24) is 0 Å². The lowest BCUT2D eigenvalue weighted by molar-refractivity contribution is -0.217. The van der Waals surface area contributed by atoms with E-state index in [4.69, 9.17) is 4.74 Å². The number of rotatable bonds is 7. The minimum Gasteiger partial charge on any atom is -0.375 e. The van der Waals surface area contributed by atoms with Gasteiger partial charge in [0, 0.05) is 12.3 Å². The van der Waals surface area contributed by atoms with Crippen LogP contribution in [0.25, 0.3) is 0 Å². The van der Waals surface area contributed by atoms with Gasteiger partial charge in [-0.15, -0.1) is 0 Å². The van der Waals surface area contributed by atoms with E-state index < -0.39 is 0 Å². The molecule has 2 heterocycles. The van der Waals surface area contributed by atoms with Gasteiger partial charge in [-0.1, -0.05) is 166 Å². The van der Waals surface area contributed by atoms with E-state index in [-0.39, 0.29) is 0 Å². The van der Waals surface area contributed by atoms with Gasteiger partial charge in [-0.3, -0.25) is 4.79 Å². The van der Waals surface area contributed by atoms with E-state index in [0.717, 1.165) is 89.3 Å². The van der Waals surface area contributed by atoms with Crippen molar-refractivity contribution in [2.24, 2.45) is 109 Å². The molecule has 0 N–H and O–H groups in total. The van der Waals surface area contributed by atoms with Gasteiger partial charge in [-0.2, -0.15) is 0 Å². The van der Waals surface area contributed by atoms with Crippen LogP contribution < -0.4 is 0 Å².